The van der Waals surface area contributed by atoms with Crippen LogP contribution in [0.5, 0.6) is 0 Å². The number of fused-ring (bicyclic) bond motifs is 2. The molecular weight excluding hydrogens is 504 g/mol. The predicted molar refractivity (Wildman–Crippen MR) is 155 cm³/mol. The number of benzene rings is 3. The number of amides is 4. The maximum absolute atomic E-state index is 14.1. The van der Waals surface area contributed by atoms with E-state index >= 15 is 0 Å². The number of anilines is 1. The van der Waals surface area contributed by atoms with Crippen LogP contribution in [0.3, 0.4) is 0 Å². The lowest BCUT2D eigenvalue weighted by molar-refractivity contribution is -0.157. The Kier molecular flexibility index (Phi) is 7.63. The zero-order valence-electron chi connectivity index (χ0n) is 23.1. The van der Waals surface area contributed by atoms with Gasteiger partial charge in [-0.3, -0.25) is 9.59 Å². The summed E-state index contributed by atoms with van der Waals surface area (Å²) in [5.41, 5.74) is 3.03. The standard InChI is InChI=1S/C31H34N6O3/c1-5-17-35(31(40)32-2)36-21-29(38)37-27(18-22-13-15-25(16-14-22)33(3)4)30(39)34(20-28(36)37)19-24-11-8-10-23-9-6-7-12-26(23)24/h1,6-16,27-28H,17-21H2,2-4H3,(H,32,40)/t27-,28+/m0/s1. The molecule has 3 aromatic rings. The van der Waals surface area contributed by atoms with Crippen LogP contribution in [0.1, 0.15) is 11.1 Å². The van der Waals surface area contributed by atoms with Crippen LogP contribution >= 0.6 is 0 Å². The molecule has 2 heterocycles. The second-order valence-electron chi connectivity index (χ2n) is 10.3. The summed E-state index contributed by atoms with van der Waals surface area (Å²) in [6, 6.07) is 21.1. The zero-order valence-corrected chi connectivity index (χ0v) is 23.1. The Bertz CT molecular complexity index is 1460. The van der Waals surface area contributed by atoms with Gasteiger partial charge in [0.1, 0.15) is 12.2 Å². The third-order valence-electron chi connectivity index (χ3n) is 7.69. The van der Waals surface area contributed by atoms with Crippen molar-refractivity contribution in [2.75, 3.05) is 45.7 Å². The maximum atomic E-state index is 14.1. The Morgan fingerprint density at radius 2 is 1.77 bits per heavy atom. The molecule has 40 heavy (non-hydrogen) atoms. The minimum atomic E-state index is -0.714. The van der Waals surface area contributed by atoms with Crippen molar-refractivity contribution in [2.24, 2.45) is 0 Å². The van der Waals surface area contributed by atoms with E-state index in [1.165, 1.54) is 12.1 Å². The lowest BCUT2D eigenvalue weighted by atomic mass is 9.98. The summed E-state index contributed by atoms with van der Waals surface area (Å²) in [4.78, 5) is 45.8. The first-order chi connectivity index (χ1) is 19.3. The number of urea groups is 1. The molecule has 4 amide bonds. The van der Waals surface area contributed by atoms with Gasteiger partial charge in [-0.1, -0.05) is 60.5 Å². The highest BCUT2D eigenvalue weighted by molar-refractivity contribution is 5.92. The third-order valence-corrected chi connectivity index (χ3v) is 7.69. The molecule has 0 spiro atoms. The van der Waals surface area contributed by atoms with Crippen LogP contribution in [0.4, 0.5) is 10.5 Å². The van der Waals surface area contributed by atoms with E-state index in [-0.39, 0.29) is 31.4 Å². The van der Waals surface area contributed by atoms with E-state index in [1.807, 2.05) is 72.4 Å². The number of carbonyl (C=O) groups excluding carboxylic acids is 3. The monoisotopic (exact) mass is 538 g/mol. The predicted octanol–water partition coefficient (Wildman–Crippen LogP) is 2.52. The molecule has 9 heteroatoms. The second-order valence-corrected chi connectivity index (χ2v) is 10.3. The molecule has 0 aromatic heterocycles. The number of rotatable bonds is 7. The van der Waals surface area contributed by atoms with Gasteiger partial charge in [-0.25, -0.2) is 9.80 Å². The molecule has 0 aliphatic carbocycles. The SMILES string of the molecule is C#CCN(C(=O)NC)N1CC(=O)N2[C@@H](Cc3ccc(N(C)C)cc3)C(=O)N(Cc3cccc4ccccc34)C[C@@H]21. The molecule has 2 aliphatic heterocycles. The van der Waals surface area contributed by atoms with Gasteiger partial charge in [0.25, 0.3) is 0 Å². The molecule has 206 valence electrons. The molecule has 0 unspecified atom stereocenters. The average Bonchev–Trinajstić information content (AvgIpc) is 3.29. The molecule has 1 N–H and O–H groups in total. The molecular formula is C31H34N6O3. The highest BCUT2D eigenvalue weighted by atomic mass is 16.2. The van der Waals surface area contributed by atoms with Crippen LogP contribution in [0.15, 0.2) is 66.7 Å². The van der Waals surface area contributed by atoms with Crippen molar-refractivity contribution in [1.29, 1.82) is 0 Å². The molecule has 2 saturated heterocycles. The fourth-order valence-corrected chi connectivity index (χ4v) is 5.67. The normalized spacial score (nSPS) is 18.9. The Morgan fingerprint density at radius 1 is 1.05 bits per heavy atom. The van der Waals surface area contributed by atoms with Crippen LogP contribution in [0.25, 0.3) is 10.8 Å². The van der Waals surface area contributed by atoms with E-state index in [4.69, 9.17) is 6.42 Å². The van der Waals surface area contributed by atoms with Gasteiger partial charge in [0.15, 0.2) is 0 Å². The van der Waals surface area contributed by atoms with E-state index in [2.05, 4.69) is 29.4 Å². The van der Waals surface area contributed by atoms with Crippen molar-refractivity contribution in [3.63, 3.8) is 0 Å². The largest absolute Gasteiger partial charge is 0.378 e. The Labute approximate surface area is 234 Å². The number of carbonyl (C=O) groups is 3. The Hall–Kier alpha value is -4.55. The zero-order chi connectivity index (χ0) is 28.4. The van der Waals surface area contributed by atoms with Crippen molar-refractivity contribution >= 4 is 34.3 Å². The van der Waals surface area contributed by atoms with Crippen LogP contribution in [0, 0.1) is 12.3 Å². The summed E-state index contributed by atoms with van der Waals surface area (Å²) >= 11 is 0. The van der Waals surface area contributed by atoms with E-state index in [9.17, 15) is 14.4 Å². The van der Waals surface area contributed by atoms with Crippen LogP contribution in [-0.4, -0.2) is 90.6 Å². The van der Waals surface area contributed by atoms with Gasteiger partial charge in [-0.05, 0) is 34.0 Å². The quantitative estimate of drug-likeness (QED) is 0.468. The number of hydrazine groups is 1. The van der Waals surface area contributed by atoms with E-state index in [0.717, 1.165) is 27.6 Å². The molecule has 0 saturated carbocycles. The van der Waals surface area contributed by atoms with Gasteiger partial charge in [0.05, 0.1) is 19.6 Å². The van der Waals surface area contributed by atoms with Crippen molar-refractivity contribution in [1.82, 2.24) is 25.1 Å². The van der Waals surface area contributed by atoms with E-state index in [0.29, 0.717) is 13.0 Å². The van der Waals surface area contributed by atoms with Gasteiger partial charge < -0.3 is 20.0 Å². The van der Waals surface area contributed by atoms with Crippen molar-refractivity contribution in [3.8, 4) is 12.3 Å². The van der Waals surface area contributed by atoms with Gasteiger partial charge >= 0.3 is 6.03 Å². The highest BCUT2D eigenvalue weighted by Gasteiger charge is 2.52. The van der Waals surface area contributed by atoms with Crippen molar-refractivity contribution < 1.29 is 14.4 Å². The van der Waals surface area contributed by atoms with Crippen molar-refractivity contribution in [3.05, 3.63) is 77.9 Å². The van der Waals surface area contributed by atoms with Gasteiger partial charge in [-0.2, -0.15) is 5.01 Å². The van der Waals surface area contributed by atoms with Gasteiger partial charge in [0, 0.05) is 39.8 Å². The highest BCUT2D eigenvalue weighted by Crippen LogP contribution is 2.31. The number of terminal acetylenes is 1. The molecule has 2 aliphatic rings. The second kappa shape index (κ2) is 11.3. The Balaban J connectivity index is 1.52. The first-order valence-corrected chi connectivity index (χ1v) is 13.3. The third kappa shape index (κ3) is 5.06. The van der Waals surface area contributed by atoms with Crippen LogP contribution in [0.2, 0.25) is 0 Å². The minimum absolute atomic E-state index is 0.00519. The van der Waals surface area contributed by atoms with Crippen LogP contribution in [-0.2, 0) is 22.6 Å². The molecule has 0 radical (unpaired) electrons. The summed E-state index contributed by atoms with van der Waals surface area (Å²) in [6.07, 6.45) is 5.43. The minimum Gasteiger partial charge on any atom is -0.378 e. The molecule has 2 fully saturated rings. The van der Waals surface area contributed by atoms with Crippen molar-refractivity contribution in [2.45, 2.75) is 25.2 Å². The summed E-state index contributed by atoms with van der Waals surface area (Å²) in [5.74, 6) is 2.21. The summed E-state index contributed by atoms with van der Waals surface area (Å²) in [6.45, 7) is 0.607. The first-order valence-electron chi connectivity index (χ1n) is 13.3. The smallest absolute Gasteiger partial charge is 0.332 e. The van der Waals surface area contributed by atoms with Gasteiger partial charge in [-0.15, -0.1) is 6.42 Å². The van der Waals surface area contributed by atoms with Gasteiger partial charge in [0.2, 0.25) is 11.8 Å². The number of nitrogens with one attached hydrogen (secondary N) is 1. The molecule has 2 atom stereocenters. The molecule has 5 rings (SSSR count). The maximum Gasteiger partial charge on any atom is 0.332 e. The molecule has 0 bridgehead atoms. The topological polar surface area (TPSA) is 79.4 Å². The van der Waals surface area contributed by atoms with E-state index < -0.39 is 18.2 Å². The summed E-state index contributed by atoms with van der Waals surface area (Å²) in [5, 5.41) is 7.88. The fraction of sp³-hybridized carbons (Fsp3) is 0.323. The lowest BCUT2D eigenvalue weighted by Gasteiger charge is -2.46. The van der Waals surface area contributed by atoms with Crippen LogP contribution < -0.4 is 10.2 Å². The van der Waals surface area contributed by atoms with E-state index in [1.54, 1.807) is 9.91 Å². The molecule has 9 nitrogen and oxygen atoms in total. The number of nitrogens with zero attached hydrogens (tertiary/aromatic N) is 5. The fourth-order valence-electron chi connectivity index (χ4n) is 5.67. The summed E-state index contributed by atoms with van der Waals surface area (Å²) in [7, 11) is 5.47. The summed E-state index contributed by atoms with van der Waals surface area (Å²) < 4.78 is 0. The lowest BCUT2D eigenvalue weighted by Crippen LogP contribution is -2.66. The number of hydrogen-bond acceptors (Lipinski definition) is 5. The first kappa shape index (κ1) is 27.0. The average molecular weight is 539 g/mol. The Morgan fingerprint density at radius 3 is 2.48 bits per heavy atom. The molecule has 3 aromatic carbocycles. The number of piperazine rings is 1. The number of hydrogen-bond donors (Lipinski definition) is 1.